The Morgan fingerprint density at radius 3 is 3.20 bits per heavy atom. The number of nitrogens with one attached hydrogen (secondary N) is 2. The molecule has 1 aliphatic heterocycles. The minimum atomic E-state index is -0.298. The molecule has 6 heteroatoms. The number of aliphatic hydroxyl groups is 1. The highest BCUT2D eigenvalue weighted by atomic mass is 16.5. The van der Waals surface area contributed by atoms with Crippen LogP contribution in [-0.2, 0) is 4.74 Å². The summed E-state index contributed by atoms with van der Waals surface area (Å²) in [6.45, 7) is 1.25. The first-order valence-electron chi connectivity index (χ1n) is 6.50. The molecule has 1 atom stereocenters. The van der Waals surface area contributed by atoms with Gasteiger partial charge >= 0.3 is 6.03 Å². The molecule has 106 valence electrons. The molecule has 20 heavy (non-hydrogen) atoms. The highest BCUT2D eigenvalue weighted by molar-refractivity contribution is 5.88. The summed E-state index contributed by atoms with van der Waals surface area (Å²) < 4.78 is 5.19. The van der Waals surface area contributed by atoms with Gasteiger partial charge in [-0.25, -0.2) is 9.78 Å². The highest BCUT2D eigenvalue weighted by Crippen LogP contribution is 2.06. The molecule has 1 fully saturated rings. The van der Waals surface area contributed by atoms with Gasteiger partial charge in [0.2, 0.25) is 0 Å². The second-order valence-electron chi connectivity index (χ2n) is 4.34. The maximum atomic E-state index is 11.8. The molecule has 0 aromatic carbocycles. The van der Waals surface area contributed by atoms with E-state index in [2.05, 4.69) is 27.5 Å². The largest absolute Gasteiger partial charge is 0.395 e. The zero-order chi connectivity index (χ0) is 14.2. The van der Waals surface area contributed by atoms with Crippen molar-refractivity contribution in [2.24, 2.45) is 0 Å². The fourth-order valence-corrected chi connectivity index (χ4v) is 1.77. The van der Waals surface area contributed by atoms with Gasteiger partial charge in [-0.15, -0.1) is 0 Å². The molecule has 1 saturated heterocycles. The van der Waals surface area contributed by atoms with E-state index in [0.717, 1.165) is 6.42 Å². The third-order valence-electron chi connectivity index (χ3n) is 2.71. The number of hydrogen-bond donors (Lipinski definition) is 3. The van der Waals surface area contributed by atoms with E-state index in [9.17, 15) is 4.79 Å². The van der Waals surface area contributed by atoms with Crippen molar-refractivity contribution in [2.75, 3.05) is 25.1 Å². The number of anilines is 1. The normalized spacial score (nSPS) is 17.1. The van der Waals surface area contributed by atoms with Crippen molar-refractivity contribution in [3.05, 3.63) is 23.9 Å². The molecular weight excluding hydrogens is 258 g/mol. The van der Waals surface area contributed by atoms with Crippen molar-refractivity contribution in [3.8, 4) is 11.8 Å². The first-order chi connectivity index (χ1) is 9.78. The zero-order valence-electron chi connectivity index (χ0n) is 11.1. The number of rotatable bonds is 3. The van der Waals surface area contributed by atoms with Crippen LogP contribution in [-0.4, -0.2) is 42.0 Å². The van der Waals surface area contributed by atoms with E-state index in [4.69, 9.17) is 9.84 Å². The van der Waals surface area contributed by atoms with E-state index in [1.54, 1.807) is 18.2 Å². The van der Waals surface area contributed by atoms with Gasteiger partial charge in [-0.2, -0.15) is 0 Å². The van der Waals surface area contributed by atoms with Crippen LogP contribution in [0.25, 0.3) is 0 Å². The number of carbonyl (C=O) groups is 1. The number of pyridine rings is 1. The Morgan fingerprint density at radius 1 is 1.55 bits per heavy atom. The summed E-state index contributed by atoms with van der Waals surface area (Å²) in [5, 5.41) is 14.1. The van der Waals surface area contributed by atoms with Crippen LogP contribution in [0.2, 0.25) is 0 Å². The molecule has 0 aliphatic carbocycles. The van der Waals surface area contributed by atoms with E-state index in [-0.39, 0.29) is 18.7 Å². The molecule has 1 aromatic heterocycles. The molecule has 6 nitrogen and oxygen atoms in total. The van der Waals surface area contributed by atoms with Crippen LogP contribution < -0.4 is 10.6 Å². The molecule has 0 spiro atoms. The molecule has 1 unspecified atom stereocenters. The first kappa shape index (κ1) is 14.3. The van der Waals surface area contributed by atoms with Crippen LogP contribution in [0.15, 0.2) is 18.2 Å². The van der Waals surface area contributed by atoms with Gasteiger partial charge in [0.15, 0.2) is 0 Å². The maximum absolute atomic E-state index is 11.8. The molecule has 2 amide bonds. The standard InChI is InChI=1S/C14H17N3O3/c18-8-2-1-4-11-5-3-6-13(15-11)17-14(19)16-12-7-9-20-10-12/h3,5-6,12,18H,2,7-10H2,(H2,15,16,17,19). The predicted octanol–water partition coefficient (Wildman–Crippen LogP) is 0.726. The van der Waals surface area contributed by atoms with Crippen molar-refractivity contribution >= 4 is 11.8 Å². The summed E-state index contributed by atoms with van der Waals surface area (Å²) in [7, 11) is 0. The Labute approximate surface area is 117 Å². The van der Waals surface area contributed by atoms with E-state index in [0.29, 0.717) is 31.1 Å². The number of urea groups is 1. The summed E-state index contributed by atoms with van der Waals surface area (Å²) in [6, 6.07) is 4.97. The van der Waals surface area contributed by atoms with Crippen LogP contribution in [0.1, 0.15) is 18.5 Å². The van der Waals surface area contributed by atoms with Crippen LogP contribution in [0, 0.1) is 11.8 Å². The highest BCUT2D eigenvalue weighted by Gasteiger charge is 2.17. The molecular formula is C14H17N3O3. The minimum Gasteiger partial charge on any atom is -0.395 e. The van der Waals surface area contributed by atoms with Crippen molar-refractivity contribution in [1.82, 2.24) is 10.3 Å². The summed E-state index contributed by atoms with van der Waals surface area (Å²) in [6.07, 6.45) is 1.23. The third kappa shape index (κ3) is 4.53. The second-order valence-corrected chi connectivity index (χ2v) is 4.34. The van der Waals surface area contributed by atoms with Crippen molar-refractivity contribution < 1.29 is 14.6 Å². The molecule has 0 bridgehead atoms. The lowest BCUT2D eigenvalue weighted by molar-refractivity contribution is 0.189. The summed E-state index contributed by atoms with van der Waals surface area (Å²) >= 11 is 0. The van der Waals surface area contributed by atoms with Crippen LogP contribution >= 0.6 is 0 Å². The fourth-order valence-electron chi connectivity index (χ4n) is 1.77. The summed E-state index contributed by atoms with van der Waals surface area (Å²) in [4.78, 5) is 16.0. The lowest BCUT2D eigenvalue weighted by Gasteiger charge is -2.11. The lowest BCUT2D eigenvalue weighted by atomic mass is 10.3. The summed E-state index contributed by atoms with van der Waals surface area (Å²) in [5.41, 5.74) is 0.556. The van der Waals surface area contributed by atoms with Gasteiger partial charge in [0, 0.05) is 13.0 Å². The van der Waals surface area contributed by atoms with Gasteiger partial charge in [-0.1, -0.05) is 12.0 Å². The van der Waals surface area contributed by atoms with Crippen LogP contribution in [0.3, 0.4) is 0 Å². The molecule has 2 heterocycles. The van der Waals surface area contributed by atoms with Gasteiger partial charge in [0.1, 0.15) is 11.5 Å². The molecule has 3 N–H and O–H groups in total. The number of hydrogen-bond acceptors (Lipinski definition) is 4. The van der Waals surface area contributed by atoms with Gasteiger partial charge < -0.3 is 15.2 Å². The van der Waals surface area contributed by atoms with E-state index >= 15 is 0 Å². The smallest absolute Gasteiger partial charge is 0.320 e. The SMILES string of the molecule is O=C(Nc1cccc(C#CCCO)n1)NC1CCOC1. The number of aromatic nitrogens is 1. The monoisotopic (exact) mass is 275 g/mol. The quantitative estimate of drug-likeness (QED) is 0.710. The van der Waals surface area contributed by atoms with E-state index in [1.165, 1.54) is 0 Å². The first-order valence-corrected chi connectivity index (χ1v) is 6.50. The Morgan fingerprint density at radius 2 is 2.45 bits per heavy atom. The average molecular weight is 275 g/mol. The van der Waals surface area contributed by atoms with Gasteiger partial charge in [0.05, 0.1) is 19.3 Å². The van der Waals surface area contributed by atoms with Gasteiger partial charge in [0.25, 0.3) is 0 Å². The minimum absolute atomic E-state index is 0.0246. The van der Waals surface area contributed by atoms with Crippen molar-refractivity contribution in [1.29, 1.82) is 0 Å². The third-order valence-corrected chi connectivity index (χ3v) is 2.71. The molecule has 1 aromatic rings. The van der Waals surface area contributed by atoms with Crippen LogP contribution in [0.5, 0.6) is 0 Å². The Bertz CT molecular complexity index is 516. The second kappa shape index (κ2) is 7.48. The average Bonchev–Trinajstić information content (AvgIpc) is 2.92. The van der Waals surface area contributed by atoms with Gasteiger partial charge in [-0.3, -0.25) is 5.32 Å². The Balaban J connectivity index is 1.90. The van der Waals surface area contributed by atoms with E-state index in [1.807, 2.05) is 0 Å². The number of carbonyl (C=O) groups excluding carboxylic acids is 1. The predicted molar refractivity (Wildman–Crippen MR) is 74.2 cm³/mol. The number of ether oxygens (including phenoxy) is 1. The fraction of sp³-hybridized carbons (Fsp3) is 0.429. The summed E-state index contributed by atoms with van der Waals surface area (Å²) in [5.74, 6) is 6.04. The lowest BCUT2D eigenvalue weighted by Crippen LogP contribution is -2.38. The number of aliphatic hydroxyl groups excluding tert-OH is 1. The molecule has 1 aliphatic rings. The zero-order valence-corrected chi connectivity index (χ0v) is 11.1. The van der Waals surface area contributed by atoms with E-state index < -0.39 is 0 Å². The van der Waals surface area contributed by atoms with Gasteiger partial charge in [-0.05, 0) is 24.5 Å². The molecule has 2 rings (SSSR count). The van der Waals surface area contributed by atoms with Crippen LogP contribution in [0.4, 0.5) is 10.6 Å². The number of amides is 2. The van der Waals surface area contributed by atoms with Crippen molar-refractivity contribution in [2.45, 2.75) is 18.9 Å². The van der Waals surface area contributed by atoms with Crippen molar-refractivity contribution in [3.63, 3.8) is 0 Å². The Kier molecular flexibility index (Phi) is 5.35. The number of nitrogens with zero attached hydrogens (tertiary/aromatic N) is 1. The Hall–Kier alpha value is -2.10. The maximum Gasteiger partial charge on any atom is 0.320 e. The molecule has 0 radical (unpaired) electrons. The topological polar surface area (TPSA) is 83.5 Å². The molecule has 0 saturated carbocycles.